The molecule has 1 fully saturated rings. The Balaban J connectivity index is 0.00000264. The van der Waals surface area contributed by atoms with Crippen molar-refractivity contribution >= 4 is 30.0 Å². The van der Waals surface area contributed by atoms with Gasteiger partial charge in [-0.15, -0.1) is 12.4 Å². The molecule has 1 aromatic carbocycles. The fraction of sp³-hybridized carbons (Fsp3) is 0.500. The van der Waals surface area contributed by atoms with E-state index < -0.39 is 0 Å². The fourth-order valence-electron chi connectivity index (χ4n) is 2.56. The van der Waals surface area contributed by atoms with Gasteiger partial charge in [-0.25, -0.2) is 4.79 Å². The van der Waals surface area contributed by atoms with E-state index in [1.54, 1.807) is 29.2 Å². The van der Waals surface area contributed by atoms with Gasteiger partial charge in [0.1, 0.15) is 0 Å². The van der Waals surface area contributed by atoms with Gasteiger partial charge in [-0.2, -0.15) is 0 Å². The van der Waals surface area contributed by atoms with Gasteiger partial charge >= 0.3 is 6.03 Å². The average molecular weight is 341 g/mol. The summed E-state index contributed by atoms with van der Waals surface area (Å²) in [6.45, 7) is 5.03. The number of nitrogens with one attached hydrogen (secondary N) is 2. The molecular formula is C16H25ClN4O2. The highest BCUT2D eigenvalue weighted by molar-refractivity contribution is 6.03. The van der Waals surface area contributed by atoms with E-state index in [9.17, 15) is 9.59 Å². The average Bonchev–Trinajstić information content (AvgIpc) is 2.46. The largest absolute Gasteiger partial charge is 0.337 e. The number of anilines is 1. The molecule has 1 unspecified atom stereocenters. The number of likely N-dealkylation sites (tertiary alicyclic amines) is 1. The Morgan fingerprint density at radius 3 is 2.65 bits per heavy atom. The minimum absolute atomic E-state index is 0. The molecule has 23 heavy (non-hydrogen) atoms. The summed E-state index contributed by atoms with van der Waals surface area (Å²) >= 11 is 0. The summed E-state index contributed by atoms with van der Waals surface area (Å²) in [5.74, 6) is -0.0874. The van der Waals surface area contributed by atoms with Gasteiger partial charge < -0.3 is 21.3 Å². The van der Waals surface area contributed by atoms with Crippen molar-refractivity contribution in [2.75, 3.05) is 18.4 Å². The van der Waals surface area contributed by atoms with Crippen LogP contribution in [0.2, 0.25) is 0 Å². The molecule has 128 valence electrons. The van der Waals surface area contributed by atoms with Gasteiger partial charge in [0.25, 0.3) is 5.91 Å². The lowest BCUT2D eigenvalue weighted by Gasteiger charge is -2.31. The SMILES string of the molecule is CC(C)NC(=O)Nc1ccccc1C(=O)N1CCCC(N)C1.Cl. The number of carbonyl (C=O) groups is 2. The third-order valence-corrected chi connectivity index (χ3v) is 3.57. The van der Waals surface area contributed by atoms with Crippen LogP contribution in [0.4, 0.5) is 10.5 Å². The van der Waals surface area contributed by atoms with Crippen molar-refractivity contribution < 1.29 is 9.59 Å². The second-order valence-electron chi connectivity index (χ2n) is 5.95. The van der Waals surface area contributed by atoms with Gasteiger partial charge in [0.2, 0.25) is 0 Å². The number of rotatable bonds is 3. The van der Waals surface area contributed by atoms with Crippen molar-refractivity contribution in [3.8, 4) is 0 Å². The summed E-state index contributed by atoms with van der Waals surface area (Å²) < 4.78 is 0. The van der Waals surface area contributed by atoms with E-state index in [1.807, 2.05) is 13.8 Å². The molecule has 4 N–H and O–H groups in total. The zero-order valence-electron chi connectivity index (χ0n) is 13.5. The van der Waals surface area contributed by atoms with Crippen molar-refractivity contribution in [1.29, 1.82) is 0 Å². The van der Waals surface area contributed by atoms with Crippen molar-refractivity contribution in [1.82, 2.24) is 10.2 Å². The molecule has 1 heterocycles. The highest BCUT2D eigenvalue weighted by atomic mass is 35.5. The minimum Gasteiger partial charge on any atom is -0.337 e. The number of amides is 3. The summed E-state index contributed by atoms with van der Waals surface area (Å²) in [6.07, 6.45) is 1.86. The van der Waals surface area contributed by atoms with Crippen LogP contribution in [-0.4, -0.2) is 42.0 Å². The van der Waals surface area contributed by atoms with Crippen molar-refractivity contribution in [3.63, 3.8) is 0 Å². The highest BCUT2D eigenvalue weighted by Crippen LogP contribution is 2.19. The molecule has 0 saturated carbocycles. The number of carbonyl (C=O) groups excluding carboxylic acids is 2. The molecule has 0 radical (unpaired) electrons. The number of para-hydroxylation sites is 1. The zero-order valence-corrected chi connectivity index (χ0v) is 14.4. The van der Waals surface area contributed by atoms with Crippen LogP contribution in [0.5, 0.6) is 0 Å². The molecule has 0 bridgehead atoms. The molecule has 6 nitrogen and oxygen atoms in total. The van der Waals surface area contributed by atoms with Crippen molar-refractivity contribution in [2.45, 2.75) is 38.8 Å². The topological polar surface area (TPSA) is 87.5 Å². The van der Waals surface area contributed by atoms with Gasteiger partial charge in [0.05, 0.1) is 11.3 Å². The smallest absolute Gasteiger partial charge is 0.319 e. The zero-order chi connectivity index (χ0) is 16.1. The second-order valence-corrected chi connectivity index (χ2v) is 5.95. The summed E-state index contributed by atoms with van der Waals surface area (Å²) in [7, 11) is 0. The molecule has 7 heteroatoms. The van der Waals surface area contributed by atoms with E-state index >= 15 is 0 Å². The number of piperidine rings is 1. The number of nitrogens with zero attached hydrogens (tertiary/aromatic N) is 1. The molecule has 1 saturated heterocycles. The Morgan fingerprint density at radius 2 is 2.00 bits per heavy atom. The van der Waals surface area contributed by atoms with Gasteiger partial charge in [0.15, 0.2) is 0 Å². The normalized spacial score (nSPS) is 17.4. The molecular weight excluding hydrogens is 316 g/mol. The fourth-order valence-corrected chi connectivity index (χ4v) is 2.56. The maximum atomic E-state index is 12.7. The van der Waals surface area contributed by atoms with Gasteiger partial charge in [-0.3, -0.25) is 4.79 Å². The van der Waals surface area contributed by atoms with Crippen LogP contribution in [0.25, 0.3) is 0 Å². The van der Waals surface area contributed by atoms with Crippen LogP contribution < -0.4 is 16.4 Å². The van der Waals surface area contributed by atoms with E-state index in [0.717, 1.165) is 12.8 Å². The molecule has 0 spiro atoms. The maximum absolute atomic E-state index is 12.7. The molecule has 0 aromatic heterocycles. The molecule has 0 aliphatic carbocycles. The van der Waals surface area contributed by atoms with Gasteiger partial charge in [-0.05, 0) is 38.8 Å². The van der Waals surface area contributed by atoms with E-state index in [2.05, 4.69) is 10.6 Å². The summed E-state index contributed by atoms with van der Waals surface area (Å²) in [4.78, 5) is 26.3. The molecule has 2 rings (SSSR count). The van der Waals surface area contributed by atoms with Gasteiger partial charge in [0, 0.05) is 25.2 Å². The van der Waals surface area contributed by atoms with E-state index in [1.165, 1.54) is 0 Å². The van der Waals surface area contributed by atoms with E-state index in [0.29, 0.717) is 24.3 Å². The van der Waals surface area contributed by atoms with Crippen LogP contribution in [0.3, 0.4) is 0 Å². The van der Waals surface area contributed by atoms with Crippen molar-refractivity contribution in [3.05, 3.63) is 29.8 Å². The van der Waals surface area contributed by atoms with Gasteiger partial charge in [-0.1, -0.05) is 12.1 Å². The van der Waals surface area contributed by atoms with E-state index in [4.69, 9.17) is 5.73 Å². The first-order valence-electron chi connectivity index (χ1n) is 7.68. The third-order valence-electron chi connectivity index (χ3n) is 3.57. The monoisotopic (exact) mass is 340 g/mol. The summed E-state index contributed by atoms with van der Waals surface area (Å²) in [6, 6.07) is 6.80. The minimum atomic E-state index is -0.314. The highest BCUT2D eigenvalue weighted by Gasteiger charge is 2.24. The molecule has 1 aliphatic heterocycles. The first-order valence-corrected chi connectivity index (χ1v) is 7.68. The molecule has 1 atom stereocenters. The Hall–Kier alpha value is -1.79. The van der Waals surface area contributed by atoms with Crippen LogP contribution in [0.15, 0.2) is 24.3 Å². The van der Waals surface area contributed by atoms with Crippen LogP contribution in [0.1, 0.15) is 37.0 Å². The lowest BCUT2D eigenvalue weighted by atomic mass is 10.0. The Kier molecular flexibility index (Phi) is 7.32. The third kappa shape index (κ3) is 5.41. The first-order chi connectivity index (χ1) is 10.5. The standard InChI is InChI=1S/C16H24N4O2.ClH/c1-11(2)18-16(22)19-14-8-4-3-7-13(14)15(21)20-9-5-6-12(17)10-20;/h3-4,7-8,11-12H,5-6,9-10,17H2,1-2H3,(H2,18,19,22);1H. The van der Waals surface area contributed by atoms with Crippen LogP contribution in [0, 0.1) is 0 Å². The Morgan fingerprint density at radius 1 is 1.30 bits per heavy atom. The van der Waals surface area contributed by atoms with Crippen LogP contribution >= 0.6 is 12.4 Å². The Bertz CT molecular complexity index is 551. The first kappa shape index (κ1) is 19.3. The molecule has 3 amide bonds. The lowest BCUT2D eigenvalue weighted by Crippen LogP contribution is -2.46. The number of hydrogen-bond acceptors (Lipinski definition) is 3. The summed E-state index contributed by atoms with van der Waals surface area (Å²) in [5.41, 5.74) is 6.96. The summed E-state index contributed by atoms with van der Waals surface area (Å²) in [5, 5.41) is 5.49. The number of urea groups is 1. The van der Waals surface area contributed by atoms with Crippen molar-refractivity contribution in [2.24, 2.45) is 5.73 Å². The number of halogens is 1. The predicted octanol–water partition coefficient (Wildman–Crippen LogP) is 2.20. The molecule has 1 aliphatic rings. The lowest BCUT2D eigenvalue weighted by molar-refractivity contribution is 0.0710. The number of benzene rings is 1. The maximum Gasteiger partial charge on any atom is 0.319 e. The quantitative estimate of drug-likeness (QED) is 0.788. The Labute approximate surface area is 143 Å². The van der Waals surface area contributed by atoms with Crippen LogP contribution in [-0.2, 0) is 0 Å². The number of nitrogens with two attached hydrogens (primary N) is 1. The molecule has 1 aromatic rings. The predicted molar refractivity (Wildman–Crippen MR) is 94.1 cm³/mol. The van der Waals surface area contributed by atoms with E-state index in [-0.39, 0.29) is 36.4 Å². The second kappa shape index (κ2) is 8.74. The number of hydrogen-bond donors (Lipinski definition) is 3.